The molecule has 6 heterocycles. The summed E-state index contributed by atoms with van der Waals surface area (Å²) >= 11 is 2.94. The molecule has 0 unspecified atom stereocenters. The number of carbonyl (C=O) groups is 4. The number of benzene rings is 2. The van der Waals surface area contributed by atoms with Crippen molar-refractivity contribution in [2.24, 2.45) is 11.8 Å². The van der Waals surface area contributed by atoms with Crippen LogP contribution < -0.4 is 19.3 Å². The first-order valence-corrected chi connectivity index (χ1v) is 15.9. The third-order valence-electron chi connectivity index (χ3n) is 9.06. The Morgan fingerprint density at radius 1 is 0.523 bits per heavy atom. The highest BCUT2D eigenvalue weighted by atomic mass is 32.1. The first-order chi connectivity index (χ1) is 21.4. The van der Waals surface area contributed by atoms with Gasteiger partial charge in [0.05, 0.1) is 49.5 Å². The third kappa shape index (κ3) is 3.65. The molecule has 222 valence electrons. The van der Waals surface area contributed by atoms with Gasteiger partial charge >= 0.3 is 0 Å². The van der Waals surface area contributed by atoms with Crippen LogP contribution in [0, 0.1) is 11.8 Å². The molecule has 2 aromatic heterocycles. The number of amides is 4. The second-order valence-corrected chi connectivity index (χ2v) is 13.0. The van der Waals surface area contributed by atoms with Crippen molar-refractivity contribution in [1.82, 2.24) is 10.0 Å². The Morgan fingerprint density at radius 3 is 1.23 bits per heavy atom. The summed E-state index contributed by atoms with van der Waals surface area (Å²) in [5.74, 6) is -1.73. The topological polar surface area (TPSA) is 99.7 Å². The van der Waals surface area contributed by atoms with E-state index in [1.54, 1.807) is 62.8 Å². The first kappa shape index (κ1) is 27.2. The summed E-state index contributed by atoms with van der Waals surface area (Å²) in [6, 6.07) is 18.3. The highest BCUT2D eigenvalue weighted by Gasteiger charge is 2.74. The second-order valence-electron chi connectivity index (χ2n) is 11.0. The fourth-order valence-corrected chi connectivity index (χ4v) is 9.01. The molecule has 10 nitrogen and oxygen atoms in total. The molecule has 44 heavy (non-hydrogen) atoms. The quantitative estimate of drug-likeness (QED) is 0.293. The average molecular weight is 627 g/mol. The molecule has 4 aliphatic rings. The van der Waals surface area contributed by atoms with E-state index >= 15 is 0 Å². The smallest absolute Gasteiger partial charge is 0.253 e. The van der Waals surface area contributed by atoms with E-state index in [0.29, 0.717) is 22.9 Å². The van der Waals surface area contributed by atoms with E-state index in [2.05, 4.69) is 0 Å². The zero-order chi connectivity index (χ0) is 30.3. The van der Waals surface area contributed by atoms with Crippen molar-refractivity contribution in [2.75, 3.05) is 24.0 Å². The van der Waals surface area contributed by atoms with Crippen LogP contribution in [0.25, 0.3) is 0 Å². The number of imide groups is 2. The number of anilines is 2. The van der Waals surface area contributed by atoms with Gasteiger partial charge in [0, 0.05) is 9.75 Å². The lowest BCUT2D eigenvalue weighted by Gasteiger charge is -2.35. The SMILES string of the molecule is COc1ccc(N2C(=O)[C@H]3[C@@H](C2=O)N2[C@H](c4cccs4)[C@H]4C(=O)N(c5ccc(OC)cc5)C(=O)[C@H]4N2[C@@H]3c2cccs2)cc1. The van der Waals surface area contributed by atoms with E-state index < -0.39 is 36.0 Å². The Balaban J connectivity index is 1.27. The van der Waals surface area contributed by atoms with Gasteiger partial charge in [-0.2, -0.15) is 0 Å². The molecule has 0 saturated carbocycles. The molecule has 0 N–H and O–H groups in total. The van der Waals surface area contributed by atoms with E-state index in [9.17, 15) is 19.2 Å². The van der Waals surface area contributed by atoms with Crippen LogP contribution in [0.3, 0.4) is 0 Å². The van der Waals surface area contributed by atoms with Crippen molar-refractivity contribution in [3.8, 4) is 11.5 Å². The van der Waals surface area contributed by atoms with Gasteiger partial charge in [0.2, 0.25) is 11.8 Å². The summed E-state index contributed by atoms with van der Waals surface area (Å²) in [6.45, 7) is 0. The lowest BCUT2D eigenvalue weighted by atomic mass is 9.88. The number of hydrazine groups is 1. The number of methoxy groups -OCH3 is 2. The third-order valence-corrected chi connectivity index (χ3v) is 10.9. The number of fused-ring (bicyclic) bond motifs is 5. The van der Waals surface area contributed by atoms with Crippen LogP contribution in [0.2, 0.25) is 0 Å². The monoisotopic (exact) mass is 626 g/mol. The molecule has 4 amide bonds. The number of thiophene rings is 2. The maximum Gasteiger partial charge on any atom is 0.253 e. The maximum absolute atomic E-state index is 14.4. The van der Waals surface area contributed by atoms with E-state index in [4.69, 9.17) is 9.47 Å². The molecule has 4 aromatic rings. The van der Waals surface area contributed by atoms with Crippen LogP contribution in [-0.2, 0) is 19.2 Å². The van der Waals surface area contributed by atoms with Crippen LogP contribution >= 0.6 is 22.7 Å². The average Bonchev–Trinajstić information content (AvgIpc) is 3.88. The van der Waals surface area contributed by atoms with Crippen LogP contribution in [0.5, 0.6) is 11.5 Å². The number of rotatable bonds is 6. The zero-order valence-electron chi connectivity index (χ0n) is 23.6. The van der Waals surface area contributed by atoms with Gasteiger partial charge < -0.3 is 9.47 Å². The van der Waals surface area contributed by atoms with Gasteiger partial charge in [-0.15, -0.1) is 22.7 Å². The van der Waals surface area contributed by atoms with Gasteiger partial charge in [-0.05, 0) is 71.4 Å². The molecule has 2 aromatic carbocycles. The van der Waals surface area contributed by atoms with E-state index in [0.717, 1.165) is 9.75 Å². The summed E-state index contributed by atoms with van der Waals surface area (Å²) in [6.07, 6.45) is 0. The van der Waals surface area contributed by atoms with Gasteiger partial charge in [0.15, 0.2) is 0 Å². The molecule has 0 aliphatic carbocycles. The van der Waals surface area contributed by atoms with Crippen LogP contribution in [0.15, 0.2) is 83.6 Å². The van der Waals surface area contributed by atoms with Crippen LogP contribution in [0.1, 0.15) is 21.8 Å². The standard InChI is InChI=1S/C32H26N4O6S2/c1-41-19-11-7-17(8-12-19)33-29(37)23-25(21-5-3-15-43-21)36-28-24(26(22-6-4-16-44-22)35(36)27(23)31(33)39)30(38)34(32(28)40)18-9-13-20(42-2)14-10-18/h3-16,23-28H,1-2H3/t23-,24-,25-,26-,27+,28+/m1/s1. The highest BCUT2D eigenvalue weighted by molar-refractivity contribution is 7.10. The number of carbonyl (C=O) groups excluding carboxylic acids is 4. The molecule has 4 aliphatic heterocycles. The Morgan fingerprint density at radius 2 is 0.909 bits per heavy atom. The minimum atomic E-state index is -0.885. The van der Waals surface area contributed by atoms with Crippen molar-refractivity contribution < 1.29 is 28.7 Å². The molecule has 0 radical (unpaired) electrons. The number of hydrogen-bond acceptors (Lipinski definition) is 10. The van der Waals surface area contributed by atoms with Crippen molar-refractivity contribution >= 4 is 57.7 Å². The largest absolute Gasteiger partial charge is 0.497 e. The zero-order valence-corrected chi connectivity index (χ0v) is 25.2. The van der Waals surface area contributed by atoms with Crippen molar-refractivity contribution in [3.05, 3.63) is 93.3 Å². The normalized spacial score (nSPS) is 28.1. The van der Waals surface area contributed by atoms with E-state index in [1.807, 2.05) is 45.0 Å². The van der Waals surface area contributed by atoms with Crippen molar-refractivity contribution in [2.45, 2.75) is 24.2 Å². The molecular formula is C32H26N4O6S2. The molecular weight excluding hydrogens is 601 g/mol. The summed E-state index contributed by atoms with van der Waals surface area (Å²) in [5, 5.41) is 7.62. The summed E-state index contributed by atoms with van der Waals surface area (Å²) < 4.78 is 10.6. The number of ether oxygens (including phenoxy) is 2. The van der Waals surface area contributed by atoms with Gasteiger partial charge in [0.1, 0.15) is 23.6 Å². The fraction of sp³-hybridized carbons (Fsp3) is 0.250. The molecule has 8 rings (SSSR count). The van der Waals surface area contributed by atoms with Gasteiger partial charge in [-0.25, -0.2) is 19.8 Å². The van der Waals surface area contributed by atoms with Gasteiger partial charge in [0.25, 0.3) is 11.8 Å². The first-order valence-electron chi connectivity index (χ1n) is 14.1. The van der Waals surface area contributed by atoms with Gasteiger partial charge in [-0.1, -0.05) is 12.1 Å². The minimum absolute atomic E-state index is 0.330. The van der Waals surface area contributed by atoms with E-state index in [1.165, 1.54) is 32.5 Å². The predicted octanol–water partition coefficient (Wildman–Crippen LogP) is 4.27. The molecule has 6 atom stereocenters. The Labute approximate surface area is 260 Å². The van der Waals surface area contributed by atoms with Crippen molar-refractivity contribution in [1.29, 1.82) is 0 Å². The lowest BCUT2D eigenvalue weighted by molar-refractivity contribution is -0.135. The van der Waals surface area contributed by atoms with Crippen molar-refractivity contribution in [3.63, 3.8) is 0 Å². The number of hydrogen-bond donors (Lipinski definition) is 0. The maximum atomic E-state index is 14.4. The molecule has 0 spiro atoms. The molecule has 4 saturated heterocycles. The van der Waals surface area contributed by atoms with E-state index in [-0.39, 0.29) is 23.6 Å². The summed E-state index contributed by atoms with van der Waals surface area (Å²) in [4.78, 5) is 61.6. The predicted molar refractivity (Wildman–Crippen MR) is 163 cm³/mol. The Bertz CT molecular complexity index is 1640. The molecule has 0 bridgehead atoms. The minimum Gasteiger partial charge on any atom is -0.497 e. The summed E-state index contributed by atoms with van der Waals surface area (Å²) in [5.41, 5.74) is 0.910. The lowest BCUT2D eigenvalue weighted by Crippen LogP contribution is -2.50. The van der Waals surface area contributed by atoms with Crippen LogP contribution in [0.4, 0.5) is 11.4 Å². The summed E-state index contributed by atoms with van der Waals surface area (Å²) in [7, 11) is 3.11. The highest BCUT2D eigenvalue weighted by Crippen LogP contribution is 2.60. The molecule has 4 fully saturated rings. The molecule has 12 heteroatoms. The van der Waals surface area contributed by atoms with Gasteiger partial charge in [-0.3, -0.25) is 19.2 Å². The van der Waals surface area contributed by atoms with Crippen LogP contribution in [-0.4, -0.2) is 59.9 Å². The Kier molecular flexibility index (Phi) is 6.24. The fourth-order valence-electron chi connectivity index (χ4n) is 7.28. The second kappa shape index (κ2) is 10.1. The number of nitrogens with zero attached hydrogens (tertiary/aromatic N) is 4. The Hall–Kier alpha value is -4.36.